The molecular formula is C20H23ClN5O2+. The van der Waals surface area contributed by atoms with E-state index in [-0.39, 0.29) is 5.91 Å². The zero-order chi connectivity index (χ0) is 19.5. The number of nitrogens with one attached hydrogen (secondary N) is 1. The molecule has 2 aromatic carbocycles. The van der Waals surface area contributed by atoms with Crippen molar-refractivity contribution in [3.8, 4) is 0 Å². The number of hydrogen-bond donors (Lipinski definition) is 1. The summed E-state index contributed by atoms with van der Waals surface area (Å²) >= 11 is 6.04. The molecule has 4 rings (SSSR count). The molecule has 7 nitrogen and oxygen atoms in total. The van der Waals surface area contributed by atoms with Gasteiger partial charge in [0.05, 0.1) is 26.2 Å². The minimum absolute atomic E-state index is 0.0376. The van der Waals surface area contributed by atoms with Crippen LogP contribution in [0.4, 0.5) is 0 Å². The SMILES string of the molecule is C[C@@H](On1nnc2ccc(Cl)cc21)C(=O)N1CC[NH+](Cc2ccccc2)CC1. The zero-order valence-corrected chi connectivity index (χ0v) is 16.5. The molecule has 2 heterocycles. The van der Waals surface area contributed by atoms with Crippen LogP contribution in [0.5, 0.6) is 0 Å². The lowest BCUT2D eigenvalue weighted by atomic mass is 10.2. The molecule has 1 saturated heterocycles. The Labute approximate surface area is 168 Å². The second kappa shape index (κ2) is 8.16. The smallest absolute Gasteiger partial charge is 0.266 e. The largest absolute Gasteiger partial charge is 0.382 e. The first-order chi connectivity index (χ1) is 13.6. The minimum atomic E-state index is -0.653. The number of benzene rings is 2. The van der Waals surface area contributed by atoms with E-state index in [4.69, 9.17) is 16.4 Å². The van der Waals surface area contributed by atoms with Crippen LogP contribution in [-0.2, 0) is 11.3 Å². The molecule has 0 unspecified atom stereocenters. The highest BCUT2D eigenvalue weighted by Crippen LogP contribution is 2.16. The van der Waals surface area contributed by atoms with Crippen molar-refractivity contribution in [1.29, 1.82) is 0 Å². The molecule has 0 bridgehead atoms. The van der Waals surface area contributed by atoms with Crippen LogP contribution in [0, 0.1) is 0 Å². The number of aromatic nitrogens is 3. The van der Waals surface area contributed by atoms with Gasteiger partial charge in [0.25, 0.3) is 5.91 Å². The molecule has 1 aliphatic heterocycles. The maximum atomic E-state index is 12.8. The summed E-state index contributed by atoms with van der Waals surface area (Å²) in [6, 6.07) is 15.7. The number of piperazine rings is 1. The second-order valence-electron chi connectivity index (χ2n) is 7.08. The molecule has 146 valence electrons. The summed E-state index contributed by atoms with van der Waals surface area (Å²) in [6.07, 6.45) is -0.653. The van der Waals surface area contributed by atoms with E-state index >= 15 is 0 Å². The first kappa shape index (κ1) is 18.7. The van der Waals surface area contributed by atoms with E-state index < -0.39 is 6.10 Å². The summed E-state index contributed by atoms with van der Waals surface area (Å²) in [5.41, 5.74) is 2.64. The van der Waals surface area contributed by atoms with E-state index in [1.807, 2.05) is 11.0 Å². The second-order valence-corrected chi connectivity index (χ2v) is 7.52. The van der Waals surface area contributed by atoms with Crippen molar-refractivity contribution < 1.29 is 14.5 Å². The Kier molecular flexibility index (Phi) is 5.45. The summed E-state index contributed by atoms with van der Waals surface area (Å²) in [4.78, 5) is 23.2. The summed E-state index contributed by atoms with van der Waals surface area (Å²) in [5, 5.41) is 8.58. The molecule has 1 atom stereocenters. The maximum Gasteiger partial charge on any atom is 0.266 e. The van der Waals surface area contributed by atoms with Crippen LogP contribution in [0.3, 0.4) is 0 Å². The van der Waals surface area contributed by atoms with Gasteiger partial charge in [-0.15, -0.1) is 5.10 Å². The van der Waals surface area contributed by atoms with Gasteiger partial charge in [0.15, 0.2) is 0 Å². The van der Waals surface area contributed by atoms with Crippen molar-refractivity contribution in [2.24, 2.45) is 0 Å². The lowest BCUT2D eigenvalue weighted by Gasteiger charge is -2.33. The first-order valence-electron chi connectivity index (χ1n) is 9.44. The first-order valence-corrected chi connectivity index (χ1v) is 9.82. The average Bonchev–Trinajstić information content (AvgIpc) is 3.10. The van der Waals surface area contributed by atoms with E-state index in [0.29, 0.717) is 16.1 Å². The lowest BCUT2D eigenvalue weighted by molar-refractivity contribution is -0.917. The predicted octanol–water partition coefficient (Wildman–Crippen LogP) is 0.829. The van der Waals surface area contributed by atoms with Gasteiger partial charge in [-0.2, -0.15) is 0 Å². The third-order valence-corrected chi connectivity index (χ3v) is 5.30. The number of amides is 1. The molecule has 1 aliphatic rings. The van der Waals surface area contributed by atoms with E-state index in [2.05, 4.69) is 34.6 Å². The normalized spacial score (nSPS) is 16.3. The van der Waals surface area contributed by atoms with Gasteiger partial charge >= 0.3 is 0 Å². The third kappa shape index (κ3) is 4.10. The van der Waals surface area contributed by atoms with Gasteiger partial charge in [0, 0.05) is 10.6 Å². The summed E-state index contributed by atoms with van der Waals surface area (Å²) in [5.74, 6) is -0.0376. The zero-order valence-electron chi connectivity index (χ0n) is 15.7. The topological polar surface area (TPSA) is 64.7 Å². The maximum absolute atomic E-state index is 12.8. The number of quaternary nitrogens is 1. The molecule has 1 amide bonds. The molecule has 1 aromatic heterocycles. The highest BCUT2D eigenvalue weighted by atomic mass is 35.5. The standard InChI is InChI=1S/C20H22ClN5O2/c1-15(28-26-19-13-17(21)7-8-18(19)22-23-26)20(27)25-11-9-24(10-12-25)14-16-5-3-2-4-6-16/h2-8,13,15H,9-12,14H2,1H3/p+1/t15-/m1/s1. The van der Waals surface area contributed by atoms with Gasteiger partial charge in [0.2, 0.25) is 6.10 Å². The molecule has 0 radical (unpaired) electrons. The molecule has 1 N–H and O–H groups in total. The summed E-state index contributed by atoms with van der Waals surface area (Å²) < 4.78 is 0. The highest BCUT2D eigenvalue weighted by molar-refractivity contribution is 6.31. The Morgan fingerprint density at radius 2 is 1.96 bits per heavy atom. The van der Waals surface area contributed by atoms with Crippen molar-refractivity contribution in [2.75, 3.05) is 26.2 Å². The fourth-order valence-corrected chi connectivity index (χ4v) is 3.67. The molecule has 8 heteroatoms. The number of hydrogen-bond acceptors (Lipinski definition) is 4. The van der Waals surface area contributed by atoms with Crippen LogP contribution >= 0.6 is 11.6 Å². The van der Waals surface area contributed by atoms with E-state index in [1.165, 1.54) is 15.3 Å². The van der Waals surface area contributed by atoms with Gasteiger partial charge in [0.1, 0.15) is 17.6 Å². The molecule has 28 heavy (non-hydrogen) atoms. The van der Waals surface area contributed by atoms with Crippen LogP contribution in [0.25, 0.3) is 11.0 Å². The number of halogens is 1. The third-order valence-electron chi connectivity index (χ3n) is 5.06. The average molecular weight is 401 g/mol. The van der Waals surface area contributed by atoms with Crippen LogP contribution in [-0.4, -0.2) is 58.2 Å². The van der Waals surface area contributed by atoms with Crippen molar-refractivity contribution in [3.63, 3.8) is 0 Å². The number of fused-ring (bicyclic) bond motifs is 1. The summed E-state index contributed by atoms with van der Waals surface area (Å²) in [7, 11) is 0. The Morgan fingerprint density at radius 3 is 2.71 bits per heavy atom. The van der Waals surface area contributed by atoms with Crippen LogP contribution in [0.1, 0.15) is 12.5 Å². The molecule has 3 aromatic rings. The minimum Gasteiger partial charge on any atom is -0.382 e. The number of rotatable bonds is 5. The Morgan fingerprint density at radius 1 is 1.21 bits per heavy atom. The van der Waals surface area contributed by atoms with Crippen LogP contribution in [0.15, 0.2) is 48.5 Å². The lowest BCUT2D eigenvalue weighted by Crippen LogP contribution is -3.13. The number of carbonyl (C=O) groups excluding carboxylic acids is 1. The summed E-state index contributed by atoms with van der Waals surface area (Å²) in [6.45, 7) is 6.02. The number of nitrogens with zero attached hydrogens (tertiary/aromatic N) is 4. The molecule has 0 aliphatic carbocycles. The quantitative estimate of drug-likeness (QED) is 0.689. The van der Waals surface area contributed by atoms with Crippen molar-refractivity contribution in [3.05, 3.63) is 59.1 Å². The fourth-order valence-electron chi connectivity index (χ4n) is 3.51. The molecule has 0 saturated carbocycles. The van der Waals surface area contributed by atoms with E-state index in [9.17, 15) is 4.79 Å². The Balaban J connectivity index is 1.33. The van der Waals surface area contributed by atoms with Gasteiger partial charge in [-0.1, -0.05) is 46.8 Å². The Hall–Kier alpha value is -2.64. The van der Waals surface area contributed by atoms with E-state index in [1.54, 1.807) is 25.1 Å². The van der Waals surface area contributed by atoms with E-state index in [0.717, 1.165) is 32.7 Å². The Bertz CT molecular complexity index is 954. The fraction of sp³-hybridized carbons (Fsp3) is 0.350. The van der Waals surface area contributed by atoms with Crippen LogP contribution in [0.2, 0.25) is 5.02 Å². The van der Waals surface area contributed by atoms with Gasteiger partial charge in [-0.3, -0.25) is 4.79 Å². The predicted molar refractivity (Wildman–Crippen MR) is 106 cm³/mol. The van der Waals surface area contributed by atoms with Gasteiger partial charge in [-0.05, 0) is 30.3 Å². The van der Waals surface area contributed by atoms with Crippen molar-refractivity contribution in [1.82, 2.24) is 20.1 Å². The number of carbonyl (C=O) groups is 1. The van der Waals surface area contributed by atoms with Gasteiger partial charge in [-0.25, -0.2) is 0 Å². The highest BCUT2D eigenvalue weighted by Gasteiger charge is 2.28. The molecule has 0 spiro atoms. The van der Waals surface area contributed by atoms with Crippen molar-refractivity contribution >= 4 is 28.5 Å². The van der Waals surface area contributed by atoms with Crippen LogP contribution < -0.4 is 9.74 Å². The monoisotopic (exact) mass is 400 g/mol. The van der Waals surface area contributed by atoms with Gasteiger partial charge < -0.3 is 14.6 Å². The molecule has 1 fully saturated rings. The van der Waals surface area contributed by atoms with Crippen molar-refractivity contribution in [2.45, 2.75) is 19.6 Å². The molecular weight excluding hydrogens is 378 g/mol.